The molecule has 0 aromatic rings. The van der Waals surface area contributed by atoms with E-state index in [0.29, 0.717) is 12.8 Å². The van der Waals surface area contributed by atoms with E-state index in [1.807, 2.05) is 13.8 Å². The summed E-state index contributed by atoms with van der Waals surface area (Å²) < 4.78 is 0. The summed E-state index contributed by atoms with van der Waals surface area (Å²) in [7, 11) is 1.64. The molecule has 0 radical (unpaired) electrons. The third-order valence-corrected chi connectivity index (χ3v) is 5.57. The Morgan fingerprint density at radius 2 is 1.92 bits per heavy atom. The molecule has 4 amide bonds. The molecule has 132 valence electrons. The van der Waals surface area contributed by atoms with Gasteiger partial charge in [-0.05, 0) is 25.7 Å². The van der Waals surface area contributed by atoms with Crippen molar-refractivity contribution in [1.29, 1.82) is 5.26 Å². The van der Waals surface area contributed by atoms with Crippen molar-refractivity contribution in [2.24, 2.45) is 5.92 Å². The molecule has 1 heterocycles. The van der Waals surface area contributed by atoms with Crippen LogP contribution in [0.4, 0.5) is 4.79 Å². The number of hydrogen-bond donors (Lipinski definition) is 1. The average molecular weight is 334 g/mol. The molecule has 0 aromatic carbocycles. The number of imide groups is 1. The molecular formula is C17H26N4O3. The average Bonchev–Trinajstić information content (AvgIpc) is 2.71. The summed E-state index contributed by atoms with van der Waals surface area (Å²) in [6.45, 7) is 4.96. The molecule has 24 heavy (non-hydrogen) atoms. The SMILES string of the molecule is CC(C)C(C)(C#N)NC(=O)CN1C(=O)N(C)C2(CCCCC2)C1=O. The monoisotopic (exact) mass is 334 g/mol. The van der Waals surface area contributed by atoms with Gasteiger partial charge in [0, 0.05) is 7.05 Å². The molecule has 1 saturated heterocycles. The summed E-state index contributed by atoms with van der Waals surface area (Å²) in [4.78, 5) is 40.1. The largest absolute Gasteiger partial charge is 0.336 e. The standard InChI is InChI=1S/C17H26N4O3/c1-12(2)16(3,11-18)19-13(22)10-21-14(23)17(20(4)15(21)24)8-6-5-7-9-17/h12H,5-10H2,1-4H3,(H,19,22). The first kappa shape index (κ1) is 18.2. The minimum Gasteiger partial charge on any atom is -0.336 e. The molecule has 2 fully saturated rings. The summed E-state index contributed by atoms with van der Waals surface area (Å²) in [5, 5.41) is 11.9. The molecule has 7 nitrogen and oxygen atoms in total. The zero-order valence-corrected chi connectivity index (χ0v) is 14.9. The quantitative estimate of drug-likeness (QED) is 0.791. The highest BCUT2D eigenvalue weighted by Crippen LogP contribution is 2.39. The van der Waals surface area contributed by atoms with Gasteiger partial charge >= 0.3 is 6.03 Å². The zero-order chi connectivity index (χ0) is 18.1. The number of nitrogens with zero attached hydrogens (tertiary/aromatic N) is 3. The molecular weight excluding hydrogens is 308 g/mol. The second kappa shape index (κ2) is 6.42. The number of urea groups is 1. The first-order valence-electron chi connectivity index (χ1n) is 8.50. The Morgan fingerprint density at radius 1 is 1.33 bits per heavy atom. The van der Waals surface area contributed by atoms with Crippen LogP contribution in [0.1, 0.15) is 52.9 Å². The van der Waals surface area contributed by atoms with E-state index in [1.54, 1.807) is 14.0 Å². The van der Waals surface area contributed by atoms with Crippen molar-refractivity contribution in [2.75, 3.05) is 13.6 Å². The minimum atomic E-state index is -1.03. The zero-order valence-electron chi connectivity index (χ0n) is 14.9. The number of carbonyl (C=O) groups excluding carboxylic acids is 3. The molecule has 1 aliphatic heterocycles. The lowest BCUT2D eigenvalue weighted by atomic mass is 9.81. The Hall–Kier alpha value is -2.10. The van der Waals surface area contributed by atoms with Crippen LogP contribution in [-0.4, -0.2) is 52.3 Å². The van der Waals surface area contributed by atoms with Crippen molar-refractivity contribution in [3.05, 3.63) is 0 Å². The van der Waals surface area contributed by atoms with Gasteiger partial charge in [-0.2, -0.15) is 5.26 Å². The van der Waals surface area contributed by atoms with Crippen LogP contribution in [-0.2, 0) is 9.59 Å². The normalized spacial score (nSPS) is 22.7. The van der Waals surface area contributed by atoms with Gasteiger partial charge in [0.05, 0.1) is 6.07 Å². The molecule has 1 atom stereocenters. The third kappa shape index (κ3) is 2.85. The number of hydrogen-bond acceptors (Lipinski definition) is 4. The molecule has 1 N–H and O–H groups in total. The second-order valence-electron chi connectivity index (χ2n) is 7.34. The van der Waals surface area contributed by atoms with E-state index in [-0.39, 0.29) is 18.4 Å². The first-order chi connectivity index (χ1) is 11.2. The Bertz CT molecular complexity index is 589. The smallest absolute Gasteiger partial charge is 0.327 e. The van der Waals surface area contributed by atoms with Crippen molar-refractivity contribution in [1.82, 2.24) is 15.1 Å². The van der Waals surface area contributed by atoms with Crippen LogP contribution in [0.3, 0.4) is 0 Å². The minimum absolute atomic E-state index is 0.0937. The highest BCUT2D eigenvalue weighted by atomic mass is 16.2. The maximum Gasteiger partial charge on any atom is 0.327 e. The Kier molecular flexibility index (Phi) is 4.88. The van der Waals surface area contributed by atoms with E-state index >= 15 is 0 Å². The number of likely N-dealkylation sites (N-methyl/N-ethyl adjacent to an activating group) is 1. The summed E-state index contributed by atoms with van der Waals surface area (Å²) in [6.07, 6.45) is 4.17. The predicted octanol–water partition coefficient (Wildman–Crippen LogP) is 1.64. The molecule has 2 aliphatic rings. The lowest BCUT2D eigenvalue weighted by Crippen LogP contribution is -2.53. The molecule has 1 unspecified atom stereocenters. The predicted molar refractivity (Wildman–Crippen MR) is 87.7 cm³/mol. The number of carbonyl (C=O) groups is 3. The van der Waals surface area contributed by atoms with E-state index in [4.69, 9.17) is 0 Å². The summed E-state index contributed by atoms with van der Waals surface area (Å²) in [5.41, 5.74) is -1.82. The van der Waals surface area contributed by atoms with Gasteiger partial charge in [-0.25, -0.2) is 4.79 Å². The van der Waals surface area contributed by atoms with Crippen LogP contribution in [0.5, 0.6) is 0 Å². The number of nitriles is 1. The van der Waals surface area contributed by atoms with Crippen LogP contribution in [0.25, 0.3) is 0 Å². The van der Waals surface area contributed by atoms with Crippen molar-refractivity contribution in [3.63, 3.8) is 0 Å². The lowest BCUT2D eigenvalue weighted by Gasteiger charge is -2.35. The molecule has 0 aromatic heterocycles. The highest BCUT2D eigenvalue weighted by Gasteiger charge is 2.55. The lowest BCUT2D eigenvalue weighted by molar-refractivity contribution is -0.137. The molecule has 2 rings (SSSR count). The van der Waals surface area contributed by atoms with Crippen LogP contribution >= 0.6 is 0 Å². The van der Waals surface area contributed by atoms with E-state index in [9.17, 15) is 19.6 Å². The Morgan fingerprint density at radius 3 is 2.42 bits per heavy atom. The van der Waals surface area contributed by atoms with E-state index in [2.05, 4.69) is 11.4 Å². The van der Waals surface area contributed by atoms with Crippen molar-refractivity contribution in [3.8, 4) is 6.07 Å². The van der Waals surface area contributed by atoms with E-state index < -0.39 is 23.0 Å². The molecule has 1 aliphatic carbocycles. The fraction of sp³-hybridized carbons (Fsp3) is 0.765. The van der Waals surface area contributed by atoms with Gasteiger partial charge in [-0.3, -0.25) is 14.5 Å². The van der Waals surface area contributed by atoms with Crippen LogP contribution < -0.4 is 5.32 Å². The maximum atomic E-state index is 12.8. The Labute approximate surface area is 143 Å². The molecule has 1 spiro atoms. The van der Waals surface area contributed by atoms with Crippen molar-refractivity contribution < 1.29 is 14.4 Å². The van der Waals surface area contributed by atoms with Gasteiger partial charge in [-0.15, -0.1) is 0 Å². The number of nitrogens with one attached hydrogen (secondary N) is 1. The van der Waals surface area contributed by atoms with Crippen molar-refractivity contribution >= 4 is 17.8 Å². The first-order valence-corrected chi connectivity index (χ1v) is 8.50. The third-order valence-electron chi connectivity index (χ3n) is 5.57. The number of rotatable bonds is 4. The number of amides is 4. The van der Waals surface area contributed by atoms with Gasteiger partial charge in [0.15, 0.2) is 0 Å². The highest BCUT2D eigenvalue weighted by molar-refractivity contribution is 6.09. The summed E-state index contributed by atoms with van der Waals surface area (Å²) in [6, 6.07) is 1.66. The molecule has 7 heteroatoms. The maximum absolute atomic E-state index is 12.8. The van der Waals surface area contributed by atoms with Gasteiger partial charge in [0.25, 0.3) is 5.91 Å². The van der Waals surface area contributed by atoms with E-state index in [1.165, 1.54) is 4.90 Å². The van der Waals surface area contributed by atoms with Gasteiger partial charge in [0.1, 0.15) is 17.6 Å². The molecule has 1 saturated carbocycles. The fourth-order valence-electron chi connectivity index (χ4n) is 3.45. The van der Waals surface area contributed by atoms with E-state index in [0.717, 1.165) is 24.2 Å². The molecule has 0 bridgehead atoms. The van der Waals surface area contributed by atoms with Crippen LogP contribution in [0.2, 0.25) is 0 Å². The van der Waals surface area contributed by atoms with Crippen LogP contribution in [0, 0.1) is 17.2 Å². The Balaban J connectivity index is 2.13. The van der Waals surface area contributed by atoms with Crippen molar-refractivity contribution in [2.45, 2.75) is 64.0 Å². The second-order valence-corrected chi connectivity index (χ2v) is 7.34. The van der Waals surface area contributed by atoms with Gasteiger partial charge in [-0.1, -0.05) is 33.1 Å². The van der Waals surface area contributed by atoms with Gasteiger partial charge in [0.2, 0.25) is 5.91 Å². The topological polar surface area (TPSA) is 93.5 Å². The van der Waals surface area contributed by atoms with Gasteiger partial charge < -0.3 is 10.2 Å². The summed E-state index contributed by atoms with van der Waals surface area (Å²) >= 11 is 0. The van der Waals surface area contributed by atoms with Crippen LogP contribution in [0.15, 0.2) is 0 Å². The fourth-order valence-corrected chi connectivity index (χ4v) is 3.45. The summed E-state index contributed by atoms with van der Waals surface area (Å²) in [5.74, 6) is -0.868.